The molecule has 0 aromatic rings. The molecule has 2 aliphatic rings. The summed E-state index contributed by atoms with van der Waals surface area (Å²) in [4.78, 5) is 23.5. The van der Waals surface area contributed by atoms with Crippen LogP contribution in [0.15, 0.2) is 0 Å². The first kappa shape index (κ1) is 24.0. The largest absolute Gasteiger partial charge is 0.463 e. The minimum Gasteiger partial charge on any atom is -0.463 e. The maximum absolute atomic E-state index is 11.8. The summed E-state index contributed by atoms with van der Waals surface area (Å²) >= 11 is 0. The minimum atomic E-state index is -0.718. The van der Waals surface area contributed by atoms with Gasteiger partial charge in [0, 0.05) is 12.8 Å². The predicted molar refractivity (Wildman–Crippen MR) is 101 cm³/mol. The quantitative estimate of drug-likeness (QED) is 0.348. The Bertz CT molecular complexity index is 494. The smallest absolute Gasteiger partial charge is 0.306 e. The summed E-state index contributed by atoms with van der Waals surface area (Å²) in [5.74, 6) is -2.09. The fourth-order valence-electron chi connectivity index (χ4n) is 3.17. The van der Waals surface area contributed by atoms with Crippen molar-refractivity contribution in [2.45, 2.75) is 77.2 Å². The van der Waals surface area contributed by atoms with Crippen LogP contribution in [0, 0.1) is 0 Å². The zero-order chi connectivity index (χ0) is 21.3. The molecule has 0 aromatic heterocycles. The van der Waals surface area contributed by atoms with E-state index in [1.165, 1.54) is 0 Å². The minimum absolute atomic E-state index is 0.0367. The predicted octanol–water partition coefficient (Wildman–Crippen LogP) is 1.95. The van der Waals surface area contributed by atoms with E-state index < -0.39 is 11.6 Å². The lowest BCUT2D eigenvalue weighted by Gasteiger charge is -2.22. The van der Waals surface area contributed by atoms with Crippen LogP contribution in [0.5, 0.6) is 0 Å². The first-order valence-electron chi connectivity index (χ1n) is 10.2. The summed E-state index contributed by atoms with van der Waals surface area (Å²) in [5.41, 5.74) is 0. The highest BCUT2D eigenvalue weighted by Crippen LogP contribution is 2.28. The molecule has 9 heteroatoms. The van der Waals surface area contributed by atoms with E-state index in [9.17, 15) is 9.59 Å². The number of hydrogen-bond acceptors (Lipinski definition) is 9. The van der Waals surface area contributed by atoms with Crippen molar-refractivity contribution in [3.8, 4) is 0 Å². The molecule has 0 bridgehead atoms. The molecule has 2 heterocycles. The van der Waals surface area contributed by atoms with Crippen LogP contribution in [0.4, 0.5) is 0 Å². The van der Waals surface area contributed by atoms with Gasteiger partial charge in [0.15, 0.2) is 11.6 Å². The zero-order valence-corrected chi connectivity index (χ0v) is 17.9. The lowest BCUT2D eigenvalue weighted by atomic mass is 10.2. The molecular weight excluding hydrogens is 384 g/mol. The van der Waals surface area contributed by atoms with Crippen LogP contribution < -0.4 is 0 Å². The summed E-state index contributed by atoms with van der Waals surface area (Å²) in [6, 6.07) is 0. The Balaban J connectivity index is 1.42. The fraction of sp³-hybridized carbons (Fsp3) is 0.900. The number of carbonyl (C=O) groups is 2. The van der Waals surface area contributed by atoms with Crippen LogP contribution >= 0.6 is 0 Å². The van der Waals surface area contributed by atoms with Gasteiger partial charge in [-0.25, -0.2) is 0 Å². The number of carbonyl (C=O) groups excluding carboxylic acids is 2. The van der Waals surface area contributed by atoms with E-state index >= 15 is 0 Å². The normalized spacial score (nSPS) is 31.7. The molecule has 2 rings (SSSR count). The van der Waals surface area contributed by atoms with E-state index in [-0.39, 0.29) is 63.4 Å². The summed E-state index contributed by atoms with van der Waals surface area (Å²) in [7, 11) is 0. The molecule has 29 heavy (non-hydrogen) atoms. The van der Waals surface area contributed by atoms with Crippen LogP contribution in [0.3, 0.4) is 0 Å². The summed E-state index contributed by atoms with van der Waals surface area (Å²) in [6.07, 6.45) is 1.39. The highest BCUT2D eigenvalue weighted by molar-refractivity contribution is 5.69. The Morgan fingerprint density at radius 3 is 1.55 bits per heavy atom. The van der Waals surface area contributed by atoms with Gasteiger partial charge in [-0.3, -0.25) is 9.59 Å². The van der Waals surface area contributed by atoms with Crippen molar-refractivity contribution >= 4 is 11.9 Å². The maximum Gasteiger partial charge on any atom is 0.306 e. The molecule has 2 aliphatic heterocycles. The molecule has 0 radical (unpaired) electrons. The lowest BCUT2D eigenvalue weighted by molar-refractivity contribution is -0.168. The second-order valence-corrected chi connectivity index (χ2v) is 7.80. The van der Waals surface area contributed by atoms with Crippen molar-refractivity contribution in [3.05, 3.63) is 0 Å². The molecule has 0 amide bonds. The first-order chi connectivity index (χ1) is 13.7. The molecule has 0 spiro atoms. The van der Waals surface area contributed by atoms with E-state index in [4.69, 9.17) is 33.2 Å². The first-order valence-corrected chi connectivity index (χ1v) is 10.2. The molecule has 168 valence electrons. The van der Waals surface area contributed by atoms with Crippen LogP contribution in [0.2, 0.25) is 0 Å². The summed E-state index contributed by atoms with van der Waals surface area (Å²) in [5, 5.41) is 0. The van der Waals surface area contributed by atoms with Gasteiger partial charge in [0.1, 0.15) is 13.2 Å². The third-order valence-electron chi connectivity index (χ3n) is 4.70. The molecule has 0 aromatic carbocycles. The average Bonchev–Trinajstić information content (AvgIpc) is 3.19. The molecular formula is C20H34O9. The van der Waals surface area contributed by atoms with Crippen molar-refractivity contribution in [2.75, 3.05) is 39.6 Å². The molecule has 2 saturated heterocycles. The van der Waals surface area contributed by atoms with Gasteiger partial charge in [-0.2, -0.15) is 0 Å². The van der Waals surface area contributed by atoms with Crippen molar-refractivity contribution in [1.29, 1.82) is 0 Å². The van der Waals surface area contributed by atoms with Gasteiger partial charge < -0.3 is 33.2 Å². The molecule has 2 fully saturated rings. The highest BCUT2D eigenvalue weighted by Gasteiger charge is 2.36. The van der Waals surface area contributed by atoms with Crippen molar-refractivity contribution in [2.24, 2.45) is 0 Å². The molecule has 9 nitrogen and oxygen atoms in total. The highest BCUT2D eigenvalue weighted by atomic mass is 16.7. The average molecular weight is 418 g/mol. The maximum atomic E-state index is 11.8. The molecule has 4 atom stereocenters. The number of ether oxygens (including phenoxy) is 7. The number of hydrogen-bond donors (Lipinski definition) is 0. The Hall–Kier alpha value is -1.26. The standard InChI is InChI=1S/C20H34O9/c1-15-13-26-19(3,28-15)7-5-17(21)24-11-9-23-10-12-25-18(22)6-8-20(4)27-14-16(2)29-20/h15-16H,5-14H2,1-4H3. The SMILES string of the molecule is CC1COC(C)(CCC(=O)OCCOCCOC(=O)CCC2(C)OCC(C)O2)O1. The van der Waals surface area contributed by atoms with Crippen LogP contribution in [0.25, 0.3) is 0 Å². The number of esters is 2. The fourth-order valence-corrected chi connectivity index (χ4v) is 3.17. The summed E-state index contributed by atoms with van der Waals surface area (Å²) in [6.45, 7) is 9.33. The third-order valence-corrected chi connectivity index (χ3v) is 4.70. The Kier molecular flexibility index (Phi) is 9.29. The topological polar surface area (TPSA) is 98.8 Å². The van der Waals surface area contributed by atoms with Gasteiger partial charge in [-0.15, -0.1) is 0 Å². The molecule has 0 N–H and O–H groups in total. The Morgan fingerprint density at radius 1 is 0.793 bits per heavy atom. The van der Waals surface area contributed by atoms with Crippen LogP contribution in [-0.4, -0.2) is 75.4 Å². The third kappa shape index (κ3) is 8.96. The van der Waals surface area contributed by atoms with Gasteiger partial charge in [-0.1, -0.05) is 0 Å². The summed E-state index contributed by atoms with van der Waals surface area (Å²) < 4.78 is 37.9. The van der Waals surface area contributed by atoms with E-state index in [0.717, 1.165) is 0 Å². The Morgan fingerprint density at radius 2 is 1.21 bits per heavy atom. The number of rotatable bonds is 12. The van der Waals surface area contributed by atoms with Gasteiger partial charge in [0.05, 0.1) is 51.5 Å². The second-order valence-electron chi connectivity index (χ2n) is 7.80. The van der Waals surface area contributed by atoms with Crippen molar-refractivity contribution < 1.29 is 42.7 Å². The van der Waals surface area contributed by atoms with Crippen LogP contribution in [-0.2, 0) is 42.7 Å². The molecule has 0 aliphatic carbocycles. The van der Waals surface area contributed by atoms with Gasteiger partial charge >= 0.3 is 11.9 Å². The lowest BCUT2D eigenvalue weighted by Crippen LogP contribution is -2.28. The second kappa shape index (κ2) is 11.2. The molecule has 4 unspecified atom stereocenters. The Labute approximate surface area is 172 Å². The van der Waals surface area contributed by atoms with Gasteiger partial charge in [-0.05, 0) is 27.7 Å². The monoisotopic (exact) mass is 418 g/mol. The van der Waals surface area contributed by atoms with E-state index in [2.05, 4.69) is 0 Å². The van der Waals surface area contributed by atoms with Crippen molar-refractivity contribution in [1.82, 2.24) is 0 Å². The van der Waals surface area contributed by atoms with Crippen LogP contribution in [0.1, 0.15) is 53.4 Å². The molecule has 0 saturated carbocycles. The van der Waals surface area contributed by atoms with E-state index in [1.807, 2.05) is 27.7 Å². The van der Waals surface area contributed by atoms with Gasteiger partial charge in [0.25, 0.3) is 0 Å². The van der Waals surface area contributed by atoms with E-state index in [0.29, 0.717) is 26.1 Å². The van der Waals surface area contributed by atoms with Crippen molar-refractivity contribution in [3.63, 3.8) is 0 Å². The zero-order valence-electron chi connectivity index (χ0n) is 17.9. The van der Waals surface area contributed by atoms with E-state index in [1.54, 1.807) is 0 Å². The van der Waals surface area contributed by atoms with Gasteiger partial charge in [0.2, 0.25) is 0 Å².